The van der Waals surface area contributed by atoms with E-state index in [4.69, 9.17) is 11.6 Å². The van der Waals surface area contributed by atoms with Crippen LogP contribution < -0.4 is 0 Å². The molecule has 0 radical (unpaired) electrons. The first-order valence-electron chi connectivity index (χ1n) is 6.86. The Bertz CT molecular complexity index is 698. The summed E-state index contributed by atoms with van der Waals surface area (Å²) in [6, 6.07) is 6.25. The second-order valence-corrected chi connectivity index (χ2v) is 5.57. The van der Waals surface area contributed by atoms with E-state index in [1.54, 1.807) is 43.3 Å². The largest absolute Gasteiger partial charge is 0.416 e. The Morgan fingerprint density at radius 1 is 1.21 bits per heavy atom. The van der Waals surface area contributed by atoms with E-state index in [0.717, 1.165) is 12.2 Å². The number of hydrogen-bond acceptors (Lipinski definition) is 2. The molecule has 0 aliphatic rings. The highest BCUT2D eigenvalue weighted by Crippen LogP contribution is 2.33. The number of halogens is 4. The minimum Gasteiger partial charge on any atom is -0.383 e. The minimum atomic E-state index is -4.71. The fourth-order valence-corrected chi connectivity index (χ4v) is 2.01. The van der Waals surface area contributed by atoms with Crippen LogP contribution in [0, 0.1) is 0 Å². The van der Waals surface area contributed by atoms with Gasteiger partial charge in [0.15, 0.2) is 5.78 Å². The first-order chi connectivity index (χ1) is 11.1. The summed E-state index contributed by atoms with van der Waals surface area (Å²) in [5.41, 5.74) is -1.23. The summed E-state index contributed by atoms with van der Waals surface area (Å²) in [5.74, 6) is -0.798. The van der Waals surface area contributed by atoms with E-state index >= 15 is 0 Å². The number of alkyl halides is 3. The molecule has 24 heavy (non-hydrogen) atoms. The fraction of sp³-hybridized carbons (Fsp3) is 0.167. The van der Waals surface area contributed by atoms with Gasteiger partial charge in [0.05, 0.1) is 5.57 Å². The quantitative estimate of drug-likeness (QED) is 0.526. The number of allylic oxidation sites excluding steroid dienone is 5. The molecule has 0 aliphatic heterocycles. The Morgan fingerprint density at radius 2 is 1.75 bits per heavy atom. The molecule has 1 aromatic rings. The van der Waals surface area contributed by atoms with Gasteiger partial charge in [-0.15, -0.1) is 0 Å². The van der Waals surface area contributed by atoms with Gasteiger partial charge in [-0.05, 0) is 17.7 Å². The van der Waals surface area contributed by atoms with Crippen molar-refractivity contribution in [2.75, 3.05) is 14.1 Å². The van der Waals surface area contributed by atoms with Crippen molar-refractivity contribution >= 4 is 23.0 Å². The molecule has 0 N–H and O–H groups in total. The Hall–Kier alpha value is -2.27. The van der Waals surface area contributed by atoms with Gasteiger partial charge in [0.1, 0.15) is 0 Å². The molecule has 2 nitrogen and oxygen atoms in total. The second kappa shape index (κ2) is 8.02. The molecule has 0 heterocycles. The van der Waals surface area contributed by atoms with Crippen LogP contribution in [-0.2, 0) is 4.79 Å². The standard InChI is InChI=1S/C18H17ClF3NO/c1-5-6-15(12(2)18(20,21)22)17(24)16(11-23(3)4)13-7-9-14(19)10-8-13/h5-11H,1-2H2,3-4H3/b15-6+,16-11+. The molecule has 0 saturated carbocycles. The Balaban J connectivity index is 3.44. The topological polar surface area (TPSA) is 20.3 Å². The molecule has 0 unspecified atom stereocenters. The molecule has 0 bridgehead atoms. The van der Waals surface area contributed by atoms with Gasteiger partial charge in [0.25, 0.3) is 0 Å². The summed E-state index contributed by atoms with van der Waals surface area (Å²) in [4.78, 5) is 14.3. The van der Waals surface area contributed by atoms with Crippen LogP contribution >= 0.6 is 11.6 Å². The van der Waals surface area contributed by atoms with Gasteiger partial charge in [0.2, 0.25) is 0 Å². The maximum atomic E-state index is 13.0. The number of rotatable bonds is 6. The van der Waals surface area contributed by atoms with Crippen molar-refractivity contribution in [3.8, 4) is 0 Å². The number of ketones is 1. The van der Waals surface area contributed by atoms with Crippen molar-refractivity contribution in [1.29, 1.82) is 0 Å². The van der Waals surface area contributed by atoms with E-state index in [1.165, 1.54) is 6.20 Å². The maximum absolute atomic E-state index is 13.0. The van der Waals surface area contributed by atoms with E-state index in [9.17, 15) is 18.0 Å². The summed E-state index contributed by atoms with van der Waals surface area (Å²) < 4.78 is 39.0. The number of benzene rings is 1. The minimum absolute atomic E-state index is 0.0927. The zero-order chi connectivity index (χ0) is 18.5. The number of hydrogen-bond donors (Lipinski definition) is 0. The normalized spacial score (nSPS) is 12.8. The predicted molar refractivity (Wildman–Crippen MR) is 91.6 cm³/mol. The van der Waals surface area contributed by atoms with Crippen molar-refractivity contribution in [3.63, 3.8) is 0 Å². The lowest BCUT2D eigenvalue weighted by molar-refractivity contribution is -0.113. The number of nitrogens with zero attached hydrogens (tertiary/aromatic N) is 1. The van der Waals surface area contributed by atoms with Gasteiger partial charge in [-0.25, -0.2) is 0 Å². The summed E-state index contributed by atoms with van der Waals surface area (Å²) in [5, 5.41) is 0.456. The third-order valence-electron chi connectivity index (χ3n) is 2.98. The smallest absolute Gasteiger partial charge is 0.383 e. The molecule has 0 atom stereocenters. The van der Waals surface area contributed by atoms with Crippen LogP contribution in [0.2, 0.25) is 5.02 Å². The van der Waals surface area contributed by atoms with E-state index in [-0.39, 0.29) is 5.57 Å². The van der Waals surface area contributed by atoms with Crippen LogP contribution in [0.1, 0.15) is 5.56 Å². The van der Waals surface area contributed by atoms with Crippen LogP contribution in [0.15, 0.2) is 66.9 Å². The third-order valence-corrected chi connectivity index (χ3v) is 3.24. The van der Waals surface area contributed by atoms with E-state index in [0.29, 0.717) is 10.6 Å². The Kier molecular flexibility index (Phi) is 6.60. The number of carbonyl (C=O) groups is 1. The summed E-state index contributed by atoms with van der Waals surface area (Å²) in [6.07, 6.45) is -1.13. The summed E-state index contributed by atoms with van der Waals surface area (Å²) in [6.45, 7) is 6.38. The summed E-state index contributed by atoms with van der Waals surface area (Å²) in [7, 11) is 3.33. The van der Waals surface area contributed by atoms with Crippen molar-refractivity contribution in [1.82, 2.24) is 4.90 Å². The molecular formula is C18H17ClF3NO. The van der Waals surface area contributed by atoms with Crippen molar-refractivity contribution in [2.24, 2.45) is 0 Å². The van der Waals surface area contributed by atoms with E-state index in [1.807, 2.05) is 0 Å². The van der Waals surface area contributed by atoms with E-state index < -0.39 is 23.1 Å². The average molecular weight is 356 g/mol. The van der Waals surface area contributed by atoms with Crippen LogP contribution in [0.25, 0.3) is 5.57 Å². The van der Waals surface area contributed by atoms with Crippen LogP contribution in [0.3, 0.4) is 0 Å². The predicted octanol–water partition coefficient (Wildman–Crippen LogP) is 5.04. The molecule has 128 valence electrons. The number of Topliss-reactive ketones (excluding diaryl/α,β-unsaturated/α-hetero) is 1. The van der Waals surface area contributed by atoms with Gasteiger partial charge in [0, 0.05) is 36.5 Å². The first kappa shape index (κ1) is 19.8. The van der Waals surface area contributed by atoms with Crippen LogP contribution in [-0.4, -0.2) is 31.0 Å². The van der Waals surface area contributed by atoms with Gasteiger partial charge in [-0.3, -0.25) is 4.79 Å². The highest BCUT2D eigenvalue weighted by Gasteiger charge is 2.37. The van der Waals surface area contributed by atoms with Crippen LogP contribution in [0.4, 0.5) is 13.2 Å². The molecule has 1 aromatic carbocycles. The van der Waals surface area contributed by atoms with Crippen LogP contribution in [0.5, 0.6) is 0 Å². The molecule has 1 rings (SSSR count). The van der Waals surface area contributed by atoms with Gasteiger partial charge in [-0.1, -0.05) is 49.0 Å². The monoisotopic (exact) mass is 355 g/mol. The zero-order valence-electron chi connectivity index (χ0n) is 13.3. The van der Waals surface area contributed by atoms with E-state index in [2.05, 4.69) is 13.2 Å². The van der Waals surface area contributed by atoms with Gasteiger partial charge >= 0.3 is 6.18 Å². The maximum Gasteiger partial charge on any atom is 0.416 e. The van der Waals surface area contributed by atoms with Crippen molar-refractivity contribution < 1.29 is 18.0 Å². The van der Waals surface area contributed by atoms with Crippen molar-refractivity contribution in [2.45, 2.75) is 6.18 Å². The van der Waals surface area contributed by atoms with Gasteiger partial charge in [-0.2, -0.15) is 13.2 Å². The second-order valence-electron chi connectivity index (χ2n) is 5.13. The molecule has 0 saturated heterocycles. The molecule has 0 aromatic heterocycles. The highest BCUT2D eigenvalue weighted by molar-refractivity contribution is 6.32. The SMILES string of the molecule is C=C/C=C(\C(=C)C(F)(F)F)C(=O)/C(=C/N(C)C)c1ccc(Cl)cc1. The number of carbonyl (C=O) groups excluding carboxylic acids is 1. The zero-order valence-corrected chi connectivity index (χ0v) is 14.1. The average Bonchev–Trinajstić information content (AvgIpc) is 2.49. The lowest BCUT2D eigenvalue weighted by atomic mass is 9.93. The van der Waals surface area contributed by atoms with Gasteiger partial charge < -0.3 is 4.90 Å². The lowest BCUT2D eigenvalue weighted by Gasteiger charge is -2.16. The first-order valence-corrected chi connectivity index (χ1v) is 7.23. The lowest BCUT2D eigenvalue weighted by Crippen LogP contribution is -2.19. The molecule has 0 aliphatic carbocycles. The third kappa shape index (κ3) is 5.13. The fourth-order valence-electron chi connectivity index (χ4n) is 1.88. The Morgan fingerprint density at radius 3 is 2.17 bits per heavy atom. The molecule has 0 amide bonds. The van der Waals surface area contributed by atoms with Crippen molar-refractivity contribution in [3.05, 3.63) is 77.5 Å². The molecule has 6 heteroatoms. The Labute approximate surface area is 144 Å². The highest BCUT2D eigenvalue weighted by atomic mass is 35.5. The summed E-state index contributed by atoms with van der Waals surface area (Å²) >= 11 is 5.82. The molecule has 0 spiro atoms. The molecular weight excluding hydrogens is 339 g/mol. The molecule has 0 fully saturated rings.